The number of benzene rings is 2. The molecule has 0 saturated heterocycles. The zero-order valence-electron chi connectivity index (χ0n) is 11.2. The maximum atomic E-state index is 13.0. The van der Waals surface area contributed by atoms with Gasteiger partial charge in [-0.3, -0.25) is 4.79 Å². The molecule has 0 aromatic heterocycles. The van der Waals surface area contributed by atoms with Crippen LogP contribution in [-0.4, -0.2) is 12.5 Å². The maximum Gasteiger partial charge on any atom is 0.251 e. The van der Waals surface area contributed by atoms with Crippen LogP contribution in [0.15, 0.2) is 47.4 Å². The predicted molar refractivity (Wildman–Crippen MR) is 80.9 cm³/mol. The van der Waals surface area contributed by atoms with Crippen molar-refractivity contribution in [2.75, 3.05) is 6.54 Å². The van der Waals surface area contributed by atoms with Crippen molar-refractivity contribution in [3.63, 3.8) is 0 Å². The van der Waals surface area contributed by atoms with Crippen LogP contribution in [0, 0.1) is 12.7 Å². The highest BCUT2D eigenvalue weighted by Gasteiger charge is 2.05. The average Bonchev–Trinajstić information content (AvgIpc) is 2.42. The Hall–Kier alpha value is -1.81. The van der Waals surface area contributed by atoms with Gasteiger partial charge in [0.1, 0.15) is 5.82 Å². The molecule has 0 saturated carbocycles. The van der Waals surface area contributed by atoms with Crippen LogP contribution in [0.4, 0.5) is 4.39 Å². The molecule has 0 aliphatic rings. The van der Waals surface area contributed by atoms with Gasteiger partial charge in [-0.05, 0) is 60.9 Å². The molecule has 0 radical (unpaired) electrons. The second kappa shape index (κ2) is 6.57. The van der Waals surface area contributed by atoms with Crippen LogP contribution in [0.1, 0.15) is 21.5 Å². The molecular formula is C16H16FNOS. The smallest absolute Gasteiger partial charge is 0.251 e. The lowest BCUT2D eigenvalue weighted by molar-refractivity contribution is 0.0954. The van der Waals surface area contributed by atoms with Crippen LogP contribution in [0.5, 0.6) is 0 Å². The van der Waals surface area contributed by atoms with E-state index in [1.807, 2.05) is 6.92 Å². The van der Waals surface area contributed by atoms with Crippen molar-refractivity contribution in [2.24, 2.45) is 0 Å². The van der Waals surface area contributed by atoms with Gasteiger partial charge in [0, 0.05) is 17.0 Å². The Bertz CT molecular complexity index is 610. The quantitative estimate of drug-likeness (QED) is 0.830. The number of aryl methyl sites for hydroxylation is 1. The first-order chi connectivity index (χ1) is 9.56. The van der Waals surface area contributed by atoms with Crippen LogP contribution < -0.4 is 5.32 Å². The third-order valence-corrected chi connectivity index (χ3v) is 3.41. The average molecular weight is 289 g/mol. The molecule has 20 heavy (non-hydrogen) atoms. The number of carbonyl (C=O) groups excluding carboxylic acids is 1. The molecule has 0 bridgehead atoms. The lowest BCUT2D eigenvalue weighted by Gasteiger charge is -2.08. The normalized spacial score (nSPS) is 10.3. The lowest BCUT2D eigenvalue weighted by atomic mass is 10.1. The van der Waals surface area contributed by atoms with E-state index in [1.54, 1.807) is 30.3 Å². The molecule has 4 heteroatoms. The van der Waals surface area contributed by atoms with Gasteiger partial charge in [0.05, 0.1) is 0 Å². The Morgan fingerprint density at radius 1 is 1.20 bits per heavy atom. The van der Waals surface area contributed by atoms with Crippen molar-refractivity contribution in [1.29, 1.82) is 0 Å². The number of nitrogens with one attached hydrogen (secondary N) is 1. The standard InChI is InChI=1S/C16H16FNOS/c1-11-10-14(17)5-2-12(11)8-9-18-16(19)13-3-6-15(20)7-4-13/h2-7,10,20H,8-9H2,1H3,(H,18,19). The highest BCUT2D eigenvalue weighted by molar-refractivity contribution is 7.80. The van der Waals surface area contributed by atoms with Gasteiger partial charge in [-0.2, -0.15) is 0 Å². The summed E-state index contributed by atoms with van der Waals surface area (Å²) in [5.74, 6) is -0.347. The Balaban J connectivity index is 1.89. The minimum absolute atomic E-state index is 0.113. The van der Waals surface area contributed by atoms with Crippen LogP contribution in [0.25, 0.3) is 0 Å². The van der Waals surface area contributed by atoms with Gasteiger partial charge < -0.3 is 5.32 Å². The Kier molecular flexibility index (Phi) is 4.79. The van der Waals surface area contributed by atoms with Crippen LogP contribution in [0.3, 0.4) is 0 Å². The van der Waals surface area contributed by atoms with Gasteiger partial charge in [-0.15, -0.1) is 12.6 Å². The molecule has 0 unspecified atom stereocenters. The highest BCUT2D eigenvalue weighted by Crippen LogP contribution is 2.11. The topological polar surface area (TPSA) is 29.1 Å². The third-order valence-electron chi connectivity index (χ3n) is 3.11. The molecular weight excluding hydrogens is 273 g/mol. The van der Waals surface area contributed by atoms with Crippen LogP contribution in [-0.2, 0) is 6.42 Å². The molecule has 0 spiro atoms. The molecule has 2 nitrogen and oxygen atoms in total. The van der Waals surface area contributed by atoms with Crippen LogP contribution >= 0.6 is 12.6 Å². The SMILES string of the molecule is Cc1cc(F)ccc1CCNC(=O)c1ccc(S)cc1. The monoisotopic (exact) mass is 289 g/mol. The first-order valence-corrected chi connectivity index (χ1v) is 6.83. The molecule has 104 valence electrons. The molecule has 2 rings (SSSR count). The van der Waals surface area contributed by atoms with E-state index >= 15 is 0 Å². The van der Waals surface area contributed by atoms with Gasteiger partial charge in [0.2, 0.25) is 0 Å². The van der Waals surface area contributed by atoms with E-state index in [0.29, 0.717) is 18.5 Å². The number of thiol groups is 1. The number of halogens is 1. The van der Waals surface area contributed by atoms with E-state index < -0.39 is 0 Å². The summed E-state index contributed by atoms with van der Waals surface area (Å²) in [6.07, 6.45) is 0.683. The van der Waals surface area contributed by atoms with Crippen molar-refractivity contribution in [3.05, 3.63) is 65.0 Å². The zero-order valence-corrected chi connectivity index (χ0v) is 12.1. The number of amides is 1. The minimum atomic E-state index is -0.234. The van der Waals surface area contributed by atoms with E-state index in [0.717, 1.165) is 16.0 Å². The van der Waals surface area contributed by atoms with Crippen molar-refractivity contribution < 1.29 is 9.18 Å². The first-order valence-electron chi connectivity index (χ1n) is 6.38. The largest absolute Gasteiger partial charge is 0.352 e. The van der Waals surface area contributed by atoms with E-state index in [9.17, 15) is 9.18 Å². The maximum absolute atomic E-state index is 13.0. The summed E-state index contributed by atoms with van der Waals surface area (Å²) in [5.41, 5.74) is 2.55. The van der Waals surface area contributed by atoms with Crippen molar-refractivity contribution in [3.8, 4) is 0 Å². The van der Waals surface area contributed by atoms with E-state index in [4.69, 9.17) is 0 Å². The Labute approximate surface area is 123 Å². The van der Waals surface area contributed by atoms with Crippen LogP contribution in [0.2, 0.25) is 0 Å². The Morgan fingerprint density at radius 3 is 2.55 bits per heavy atom. The fourth-order valence-electron chi connectivity index (χ4n) is 1.97. The second-order valence-corrected chi connectivity index (χ2v) is 5.14. The zero-order chi connectivity index (χ0) is 14.5. The number of carbonyl (C=O) groups is 1. The van der Waals surface area contributed by atoms with Crippen molar-refractivity contribution >= 4 is 18.5 Å². The fraction of sp³-hybridized carbons (Fsp3) is 0.188. The lowest BCUT2D eigenvalue weighted by Crippen LogP contribution is -2.25. The summed E-state index contributed by atoms with van der Waals surface area (Å²) in [7, 11) is 0. The summed E-state index contributed by atoms with van der Waals surface area (Å²) >= 11 is 4.18. The third kappa shape index (κ3) is 3.84. The molecule has 0 aliphatic heterocycles. The van der Waals surface area contributed by atoms with Crippen molar-refractivity contribution in [1.82, 2.24) is 5.32 Å². The van der Waals surface area contributed by atoms with Gasteiger partial charge in [-0.25, -0.2) is 4.39 Å². The first kappa shape index (κ1) is 14.6. The molecule has 0 heterocycles. The summed E-state index contributed by atoms with van der Waals surface area (Å²) in [5, 5.41) is 2.85. The molecule has 1 N–H and O–H groups in total. The minimum Gasteiger partial charge on any atom is -0.352 e. The summed E-state index contributed by atoms with van der Waals surface area (Å²) < 4.78 is 13.0. The molecule has 0 atom stereocenters. The van der Waals surface area contributed by atoms with Crippen molar-refractivity contribution in [2.45, 2.75) is 18.2 Å². The highest BCUT2D eigenvalue weighted by atomic mass is 32.1. The Morgan fingerprint density at radius 2 is 1.90 bits per heavy atom. The summed E-state index contributed by atoms with van der Waals surface area (Å²) in [6, 6.07) is 11.7. The van der Waals surface area contributed by atoms with E-state index in [-0.39, 0.29) is 11.7 Å². The summed E-state index contributed by atoms with van der Waals surface area (Å²) in [6.45, 7) is 2.39. The summed E-state index contributed by atoms with van der Waals surface area (Å²) in [4.78, 5) is 12.7. The second-order valence-electron chi connectivity index (χ2n) is 4.62. The van der Waals surface area contributed by atoms with Gasteiger partial charge >= 0.3 is 0 Å². The number of hydrogen-bond donors (Lipinski definition) is 2. The number of rotatable bonds is 4. The molecule has 0 fully saturated rings. The van der Waals surface area contributed by atoms with E-state index in [1.165, 1.54) is 12.1 Å². The van der Waals surface area contributed by atoms with E-state index in [2.05, 4.69) is 17.9 Å². The van der Waals surface area contributed by atoms with Gasteiger partial charge in [0.15, 0.2) is 0 Å². The molecule has 2 aromatic rings. The predicted octanol–water partition coefficient (Wildman–Crippen LogP) is 3.40. The fourth-order valence-corrected chi connectivity index (χ4v) is 2.11. The molecule has 2 aromatic carbocycles. The van der Waals surface area contributed by atoms with Gasteiger partial charge in [-0.1, -0.05) is 6.07 Å². The molecule has 0 aliphatic carbocycles. The molecule has 1 amide bonds. The van der Waals surface area contributed by atoms with Gasteiger partial charge in [0.25, 0.3) is 5.91 Å². The number of hydrogen-bond acceptors (Lipinski definition) is 2.